The first kappa shape index (κ1) is 10.2. The molecule has 0 aromatic carbocycles. The summed E-state index contributed by atoms with van der Waals surface area (Å²) >= 11 is 0. The van der Waals surface area contributed by atoms with Crippen LogP contribution in [0.3, 0.4) is 0 Å². The molecule has 0 aliphatic rings. The lowest BCUT2D eigenvalue weighted by molar-refractivity contribution is -0.139. The van der Waals surface area contributed by atoms with Crippen LogP contribution in [0.1, 0.15) is 25.7 Å². The summed E-state index contributed by atoms with van der Waals surface area (Å²) in [6.07, 6.45) is 3.07. The average molecular weight is 158 g/mol. The number of carboxylic acid groups (broad SMARTS) is 1. The van der Waals surface area contributed by atoms with E-state index in [1.807, 2.05) is 0 Å². The molecule has 64 valence electrons. The van der Waals surface area contributed by atoms with E-state index in [4.69, 9.17) is 10.2 Å². The van der Waals surface area contributed by atoms with Gasteiger partial charge in [0.1, 0.15) is 0 Å². The van der Waals surface area contributed by atoms with Gasteiger partial charge in [0.25, 0.3) is 0 Å². The summed E-state index contributed by atoms with van der Waals surface area (Å²) in [6, 6.07) is 0. The zero-order valence-corrected chi connectivity index (χ0v) is 6.49. The maximum Gasteiger partial charge on any atom is 0.305 e. The molecular formula is C8H14O3. The SMILES string of the molecule is C=CCCC[C@@H](O)CC(=O)O. The van der Waals surface area contributed by atoms with Crippen molar-refractivity contribution in [2.24, 2.45) is 0 Å². The summed E-state index contributed by atoms with van der Waals surface area (Å²) in [6.45, 7) is 3.52. The Hall–Kier alpha value is -0.830. The summed E-state index contributed by atoms with van der Waals surface area (Å²) in [5.41, 5.74) is 0. The van der Waals surface area contributed by atoms with Gasteiger partial charge in [0.15, 0.2) is 0 Å². The van der Waals surface area contributed by atoms with Gasteiger partial charge in [-0.2, -0.15) is 0 Å². The second-order valence-corrected chi connectivity index (χ2v) is 2.47. The lowest BCUT2D eigenvalue weighted by Crippen LogP contribution is -2.12. The molecule has 0 heterocycles. The Morgan fingerprint density at radius 3 is 2.73 bits per heavy atom. The van der Waals surface area contributed by atoms with Crippen molar-refractivity contribution >= 4 is 5.97 Å². The lowest BCUT2D eigenvalue weighted by atomic mass is 10.1. The highest BCUT2D eigenvalue weighted by Gasteiger charge is 2.07. The van der Waals surface area contributed by atoms with Gasteiger partial charge >= 0.3 is 5.97 Å². The van der Waals surface area contributed by atoms with E-state index >= 15 is 0 Å². The van der Waals surface area contributed by atoms with Crippen LogP contribution in [0.25, 0.3) is 0 Å². The summed E-state index contributed by atoms with van der Waals surface area (Å²) in [5.74, 6) is -0.948. The lowest BCUT2D eigenvalue weighted by Gasteiger charge is -2.04. The molecule has 0 amide bonds. The highest BCUT2D eigenvalue weighted by molar-refractivity contribution is 5.67. The van der Waals surface area contributed by atoms with Gasteiger partial charge in [0, 0.05) is 0 Å². The van der Waals surface area contributed by atoms with E-state index in [0.717, 1.165) is 12.8 Å². The molecule has 0 saturated carbocycles. The van der Waals surface area contributed by atoms with Gasteiger partial charge < -0.3 is 10.2 Å². The molecule has 0 aromatic rings. The van der Waals surface area contributed by atoms with Crippen molar-refractivity contribution in [3.8, 4) is 0 Å². The number of unbranched alkanes of at least 4 members (excludes halogenated alkanes) is 1. The molecule has 0 aromatic heterocycles. The van der Waals surface area contributed by atoms with E-state index in [9.17, 15) is 4.79 Å². The van der Waals surface area contributed by atoms with Crippen LogP contribution in [-0.4, -0.2) is 22.3 Å². The van der Waals surface area contributed by atoms with Crippen LogP contribution in [0.15, 0.2) is 12.7 Å². The van der Waals surface area contributed by atoms with Crippen molar-refractivity contribution in [3.05, 3.63) is 12.7 Å². The molecule has 0 radical (unpaired) electrons. The Labute approximate surface area is 66.4 Å². The van der Waals surface area contributed by atoms with Gasteiger partial charge in [-0.3, -0.25) is 4.79 Å². The van der Waals surface area contributed by atoms with E-state index in [-0.39, 0.29) is 6.42 Å². The number of allylic oxidation sites excluding steroid dienone is 1. The molecular weight excluding hydrogens is 144 g/mol. The van der Waals surface area contributed by atoms with Crippen LogP contribution in [-0.2, 0) is 4.79 Å². The van der Waals surface area contributed by atoms with E-state index < -0.39 is 12.1 Å². The zero-order chi connectivity index (χ0) is 8.69. The molecule has 3 heteroatoms. The van der Waals surface area contributed by atoms with E-state index in [1.54, 1.807) is 6.08 Å². The molecule has 3 nitrogen and oxygen atoms in total. The molecule has 0 spiro atoms. The van der Waals surface area contributed by atoms with Gasteiger partial charge in [-0.1, -0.05) is 6.08 Å². The summed E-state index contributed by atoms with van der Waals surface area (Å²) in [4.78, 5) is 10.1. The number of aliphatic hydroxyl groups is 1. The molecule has 0 saturated heterocycles. The smallest absolute Gasteiger partial charge is 0.305 e. The van der Waals surface area contributed by atoms with Crippen molar-refractivity contribution in [1.29, 1.82) is 0 Å². The Kier molecular flexibility index (Phi) is 5.47. The van der Waals surface area contributed by atoms with Gasteiger partial charge in [-0.05, 0) is 19.3 Å². The fraction of sp³-hybridized carbons (Fsp3) is 0.625. The van der Waals surface area contributed by atoms with Crippen molar-refractivity contribution in [2.45, 2.75) is 31.8 Å². The molecule has 0 rings (SSSR count). The minimum Gasteiger partial charge on any atom is -0.481 e. The molecule has 1 atom stereocenters. The molecule has 0 aliphatic heterocycles. The standard InChI is InChI=1S/C8H14O3/c1-2-3-4-5-7(9)6-8(10)11/h2,7,9H,1,3-6H2,(H,10,11)/t7-/m1/s1. The number of aliphatic carboxylic acids is 1. The molecule has 0 fully saturated rings. The van der Waals surface area contributed by atoms with Crippen LogP contribution in [0.2, 0.25) is 0 Å². The van der Waals surface area contributed by atoms with Crippen molar-refractivity contribution in [2.75, 3.05) is 0 Å². The maximum absolute atomic E-state index is 10.1. The van der Waals surface area contributed by atoms with Crippen LogP contribution < -0.4 is 0 Å². The number of hydrogen-bond donors (Lipinski definition) is 2. The topological polar surface area (TPSA) is 57.5 Å². The fourth-order valence-electron chi connectivity index (χ4n) is 0.801. The summed E-state index contributed by atoms with van der Waals surface area (Å²) in [5, 5.41) is 17.3. The predicted molar refractivity (Wildman–Crippen MR) is 42.3 cm³/mol. The summed E-state index contributed by atoms with van der Waals surface area (Å²) in [7, 11) is 0. The van der Waals surface area contributed by atoms with Gasteiger partial charge in [0.2, 0.25) is 0 Å². The average Bonchev–Trinajstić information content (AvgIpc) is 1.86. The number of aliphatic hydroxyl groups excluding tert-OH is 1. The number of hydrogen-bond acceptors (Lipinski definition) is 2. The highest BCUT2D eigenvalue weighted by Crippen LogP contribution is 2.04. The third kappa shape index (κ3) is 7.06. The van der Waals surface area contributed by atoms with Crippen LogP contribution in [0.4, 0.5) is 0 Å². The van der Waals surface area contributed by atoms with Gasteiger partial charge in [-0.25, -0.2) is 0 Å². The van der Waals surface area contributed by atoms with E-state index in [1.165, 1.54) is 0 Å². The first-order valence-electron chi connectivity index (χ1n) is 3.67. The minimum atomic E-state index is -0.948. The third-order valence-electron chi connectivity index (χ3n) is 1.36. The molecule has 2 N–H and O–H groups in total. The fourth-order valence-corrected chi connectivity index (χ4v) is 0.801. The van der Waals surface area contributed by atoms with Crippen molar-refractivity contribution < 1.29 is 15.0 Å². The molecule has 0 unspecified atom stereocenters. The van der Waals surface area contributed by atoms with Crippen LogP contribution in [0.5, 0.6) is 0 Å². The van der Waals surface area contributed by atoms with E-state index in [0.29, 0.717) is 6.42 Å². The van der Waals surface area contributed by atoms with Crippen molar-refractivity contribution in [3.63, 3.8) is 0 Å². The van der Waals surface area contributed by atoms with Crippen molar-refractivity contribution in [1.82, 2.24) is 0 Å². The normalized spacial score (nSPS) is 12.5. The predicted octanol–water partition coefficient (Wildman–Crippen LogP) is 1.18. The monoisotopic (exact) mass is 158 g/mol. The first-order valence-corrected chi connectivity index (χ1v) is 3.67. The second kappa shape index (κ2) is 5.92. The Bertz CT molecular complexity index is 131. The zero-order valence-electron chi connectivity index (χ0n) is 6.49. The molecule has 0 bridgehead atoms. The maximum atomic E-state index is 10.1. The van der Waals surface area contributed by atoms with Gasteiger partial charge in [-0.15, -0.1) is 6.58 Å². The molecule has 11 heavy (non-hydrogen) atoms. The third-order valence-corrected chi connectivity index (χ3v) is 1.36. The highest BCUT2D eigenvalue weighted by atomic mass is 16.4. The Balaban J connectivity index is 3.28. The number of carboxylic acids is 1. The number of carbonyl (C=O) groups is 1. The quantitative estimate of drug-likeness (QED) is 0.450. The number of rotatable bonds is 6. The molecule has 0 aliphatic carbocycles. The minimum absolute atomic E-state index is 0.156. The largest absolute Gasteiger partial charge is 0.481 e. The first-order chi connectivity index (χ1) is 5.16. The summed E-state index contributed by atoms with van der Waals surface area (Å²) < 4.78 is 0. The Morgan fingerprint density at radius 1 is 1.64 bits per heavy atom. The van der Waals surface area contributed by atoms with Gasteiger partial charge in [0.05, 0.1) is 12.5 Å². The second-order valence-electron chi connectivity index (χ2n) is 2.47. The Morgan fingerprint density at radius 2 is 2.27 bits per heavy atom. The van der Waals surface area contributed by atoms with E-state index in [2.05, 4.69) is 6.58 Å². The van der Waals surface area contributed by atoms with Crippen LogP contribution >= 0.6 is 0 Å². The van der Waals surface area contributed by atoms with Crippen LogP contribution in [0, 0.1) is 0 Å².